The number of phosphoric acid groups is 1. The molecule has 0 aliphatic rings. The number of carbonyl (C=O) groups is 2. The molecule has 0 radical (unpaired) electrons. The zero-order chi connectivity index (χ0) is 71.1. The van der Waals surface area contributed by atoms with Crippen molar-refractivity contribution in [2.45, 2.75) is 457 Å². The molecule has 98 heavy (non-hydrogen) atoms. The molecule has 0 saturated heterocycles. The highest BCUT2D eigenvalue weighted by Crippen LogP contribution is 2.38. The number of unbranched alkanes of at least 4 members (excludes halogenated alkanes) is 60. The molecule has 0 aliphatic heterocycles. The average Bonchev–Trinajstić information content (AvgIpc) is 1.23. The van der Waals surface area contributed by atoms with Crippen LogP contribution < -0.4 is 4.89 Å². The van der Waals surface area contributed by atoms with Crippen LogP contribution in [0.2, 0.25) is 0 Å². The maximum Gasteiger partial charge on any atom is 0.306 e. The molecule has 0 saturated carbocycles. The van der Waals surface area contributed by atoms with Gasteiger partial charge in [-0.15, -0.1) is 0 Å². The predicted octanol–water partition coefficient (Wildman–Crippen LogP) is 28.4. The molecular weight excluding hydrogens is 1230 g/mol. The summed E-state index contributed by atoms with van der Waals surface area (Å²) in [6.45, 7) is 4.22. The molecule has 0 fully saturated rings. The third-order valence-corrected chi connectivity index (χ3v) is 20.8. The van der Waals surface area contributed by atoms with Gasteiger partial charge in [0.1, 0.15) is 19.8 Å². The Morgan fingerprint density at radius 3 is 0.867 bits per heavy atom. The highest BCUT2D eigenvalue weighted by atomic mass is 31.2. The predicted molar refractivity (Wildman–Crippen MR) is 425 cm³/mol. The average molecular weight is 1400 g/mol. The Morgan fingerprint density at radius 2 is 0.582 bits per heavy atom. The first-order valence-electron chi connectivity index (χ1n) is 43.3. The summed E-state index contributed by atoms with van der Waals surface area (Å²) in [5.74, 6) is -0.804. The van der Waals surface area contributed by atoms with Gasteiger partial charge in [0.25, 0.3) is 7.82 Å². The van der Waals surface area contributed by atoms with Gasteiger partial charge >= 0.3 is 11.9 Å². The lowest BCUT2D eigenvalue weighted by Crippen LogP contribution is -2.37. The van der Waals surface area contributed by atoms with Crippen molar-refractivity contribution in [2.75, 3.05) is 47.5 Å². The molecule has 0 aliphatic carbocycles. The molecule has 2 unspecified atom stereocenters. The van der Waals surface area contributed by atoms with Crippen LogP contribution in [0.25, 0.3) is 0 Å². The van der Waals surface area contributed by atoms with Gasteiger partial charge in [0, 0.05) is 12.8 Å². The quantitative estimate of drug-likeness (QED) is 0.0195. The summed E-state index contributed by atoms with van der Waals surface area (Å²) in [6.07, 6.45) is 106. The van der Waals surface area contributed by atoms with E-state index in [0.29, 0.717) is 17.4 Å². The van der Waals surface area contributed by atoms with E-state index in [1.165, 1.54) is 360 Å². The third kappa shape index (κ3) is 82.9. The molecule has 0 aromatic heterocycles. The molecule has 0 aromatic rings. The van der Waals surface area contributed by atoms with Gasteiger partial charge in [-0.05, 0) is 51.4 Å². The number of carbonyl (C=O) groups excluding carboxylic acids is 2. The van der Waals surface area contributed by atoms with Gasteiger partial charge in [-0.25, -0.2) is 0 Å². The van der Waals surface area contributed by atoms with E-state index < -0.39 is 26.5 Å². The fraction of sp³-hybridized carbons (Fsp3) is 0.886. The standard InChI is InChI=1S/C88H168NO8P/c1-6-8-10-12-14-16-18-20-22-24-26-28-30-32-34-36-38-40-42-43-44-45-47-49-51-53-55-57-59-61-63-65-67-69-71-73-75-77-79-81-88(91)97-86(85-96-98(92,93)95-83-82-89(3,4)5)84-94-87(90)80-78-76-74-72-70-68-66-64-62-60-58-56-54-52-50-48-46-41-39-37-35-33-31-29-27-25-23-21-19-17-15-13-11-9-7-2/h8,10,14,16,20,22,26,28,86H,6-7,9,11-13,15,17-19,21,23-25,27,29-85H2,1-5H3/b10-8-,16-14-,22-20-,28-26-. The first kappa shape index (κ1) is 96.0. The summed E-state index contributed by atoms with van der Waals surface area (Å²) in [7, 11) is 1.19. The Morgan fingerprint density at radius 1 is 0.327 bits per heavy atom. The SMILES string of the molecule is CC/C=C\C/C=C\C/C=C\C/C=C\CCCCCCCCCCCCCCCCCCCCCCCCCCCCC(=O)OC(COC(=O)CCCCCCCCCCCCCCCCCCCCCCCCCCCCCCCCCCCCC)COP(=O)([O-])OCC[N+](C)(C)C. The van der Waals surface area contributed by atoms with Crippen molar-refractivity contribution in [3.63, 3.8) is 0 Å². The van der Waals surface area contributed by atoms with Crippen molar-refractivity contribution in [3.8, 4) is 0 Å². The van der Waals surface area contributed by atoms with Crippen molar-refractivity contribution in [3.05, 3.63) is 48.6 Å². The molecule has 0 spiro atoms. The highest BCUT2D eigenvalue weighted by Gasteiger charge is 2.22. The van der Waals surface area contributed by atoms with Crippen LogP contribution in [0.1, 0.15) is 450 Å². The number of quaternary nitrogens is 1. The number of esters is 2. The van der Waals surface area contributed by atoms with Crippen LogP contribution in [-0.2, 0) is 32.7 Å². The molecule has 0 N–H and O–H groups in total. The van der Waals surface area contributed by atoms with Crippen molar-refractivity contribution in [2.24, 2.45) is 0 Å². The number of hydrogen-bond donors (Lipinski definition) is 0. The minimum Gasteiger partial charge on any atom is -0.756 e. The van der Waals surface area contributed by atoms with Crippen molar-refractivity contribution < 1.29 is 42.1 Å². The molecule has 0 amide bonds. The van der Waals surface area contributed by atoms with Gasteiger partial charge in [-0.3, -0.25) is 14.2 Å². The Bertz CT molecular complexity index is 1790. The second-order valence-corrected chi connectivity index (χ2v) is 32.3. The molecule has 9 nitrogen and oxygen atoms in total. The van der Waals surface area contributed by atoms with Crippen LogP contribution in [0.3, 0.4) is 0 Å². The number of phosphoric ester groups is 1. The highest BCUT2D eigenvalue weighted by molar-refractivity contribution is 7.45. The second kappa shape index (κ2) is 79.1. The van der Waals surface area contributed by atoms with Crippen LogP contribution >= 0.6 is 7.82 Å². The van der Waals surface area contributed by atoms with Crippen LogP contribution in [0.4, 0.5) is 0 Å². The maximum absolute atomic E-state index is 12.9. The van der Waals surface area contributed by atoms with Gasteiger partial charge in [-0.1, -0.05) is 435 Å². The molecule has 0 aromatic carbocycles. The van der Waals surface area contributed by atoms with Crippen molar-refractivity contribution >= 4 is 19.8 Å². The Labute approximate surface area is 611 Å². The summed E-state index contributed by atoms with van der Waals surface area (Å²) in [6, 6.07) is 0. The lowest BCUT2D eigenvalue weighted by molar-refractivity contribution is -0.870. The fourth-order valence-electron chi connectivity index (χ4n) is 13.3. The largest absolute Gasteiger partial charge is 0.756 e. The lowest BCUT2D eigenvalue weighted by Gasteiger charge is -2.28. The number of hydrogen-bond acceptors (Lipinski definition) is 8. The second-order valence-electron chi connectivity index (χ2n) is 30.9. The van der Waals surface area contributed by atoms with E-state index in [1.807, 2.05) is 21.1 Å². The molecule has 578 valence electrons. The van der Waals surface area contributed by atoms with Crippen LogP contribution in [0.15, 0.2) is 48.6 Å². The topological polar surface area (TPSA) is 111 Å². The lowest BCUT2D eigenvalue weighted by atomic mass is 10.0. The molecule has 2 atom stereocenters. The zero-order valence-electron chi connectivity index (χ0n) is 66.3. The number of ether oxygens (including phenoxy) is 2. The molecule has 0 rings (SSSR count). The third-order valence-electron chi connectivity index (χ3n) is 19.9. The van der Waals surface area contributed by atoms with Gasteiger partial charge in [0.05, 0.1) is 27.7 Å². The van der Waals surface area contributed by atoms with Gasteiger partial charge in [0.15, 0.2) is 6.10 Å². The minimum atomic E-state index is -4.64. The Kier molecular flexibility index (Phi) is 77.5. The van der Waals surface area contributed by atoms with Crippen LogP contribution in [0, 0.1) is 0 Å². The summed E-state index contributed by atoms with van der Waals surface area (Å²) in [5, 5.41) is 0. The number of likely N-dealkylation sites (N-methyl/N-ethyl adjacent to an activating group) is 1. The summed E-state index contributed by atoms with van der Waals surface area (Å²) < 4.78 is 34.5. The van der Waals surface area contributed by atoms with Crippen LogP contribution in [0.5, 0.6) is 0 Å². The van der Waals surface area contributed by atoms with E-state index in [4.69, 9.17) is 18.5 Å². The van der Waals surface area contributed by atoms with Gasteiger partial charge in [-0.2, -0.15) is 0 Å². The fourth-order valence-corrected chi connectivity index (χ4v) is 14.0. The first-order valence-corrected chi connectivity index (χ1v) is 44.8. The van der Waals surface area contributed by atoms with Crippen molar-refractivity contribution in [1.29, 1.82) is 0 Å². The van der Waals surface area contributed by atoms with Gasteiger partial charge in [0.2, 0.25) is 0 Å². The summed E-state index contributed by atoms with van der Waals surface area (Å²) in [4.78, 5) is 38.2. The van der Waals surface area contributed by atoms with E-state index in [-0.39, 0.29) is 32.0 Å². The first-order chi connectivity index (χ1) is 48.0. The summed E-state index contributed by atoms with van der Waals surface area (Å²) in [5.41, 5.74) is 0. The van der Waals surface area contributed by atoms with Crippen LogP contribution in [-0.4, -0.2) is 70.0 Å². The molecule has 0 heterocycles. The Hall–Kier alpha value is -2.03. The monoisotopic (exact) mass is 1400 g/mol. The maximum atomic E-state index is 12.9. The van der Waals surface area contributed by atoms with E-state index in [9.17, 15) is 19.0 Å². The minimum absolute atomic E-state index is 0.0268. The van der Waals surface area contributed by atoms with E-state index in [2.05, 4.69) is 62.5 Å². The number of rotatable bonds is 82. The number of nitrogens with zero attached hydrogens (tertiary/aromatic N) is 1. The normalized spacial score (nSPS) is 13.2. The molecule has 0 bridgehead atoms. The van der Waals surface area contributed by atoms with E-state index in [1.54, 1.807) is 0 Å². The smallest absolute Gasteiger partial charge is 0.306 e. The summed E-state index contributed by atoms with van der Waals surface area (Å²) >= 11 is 0. The molecular formula is C88H168NO8P. The van der Waals surface area contributed by atoms with E-state index in [0.717, 1.165) is 57.8 Å². The zero-order valence-corrected chi connectivity index (χ0v) is 67.2. The Balaban J connectivity index is 3.85. The van der Waals surface area contributed by atoms with E-state index >= 15 is 0 Å². The number of allylic oxidation sites excluding steroid dienone is 8. The van der Waals surface area contributed by atoms with Gasteiger partial charge < -0.3 is 27.9 Å². The van der Waals surface area contributed by atoms with Crippen molar-refractivity contribution in [1.82, 2.24) is 0 Å². The molecule has 10 heteroatoms.